The average Bonchev–Trinajstić information content (AvgIpc) is 2.90. The number of fused-ring (bicyclic) bond motifs is 1. The van der Waals surface area contributed by atoms with Gasteiger partial charge in [-0.25, -0.2) is 8.42 Å². The standard InChI is InChI=1S/C19H22N2O3S/c1-4-15-7-5-6-8-18(15)20-25(23,24)17-9-10-19-16(12-17)11-13(2)21(19)14(3)22/h5-10,12-13,20H,4,11H2,1-3H3/t13-/m1/s1. The van der Waals surface area contributed by atoms with Crippen molar-refractivity contribution in [3.63, 3.8) is 0 Å². The van der Waals surface area contributed by atoms with E-state index in [2.05, 4.69) is 4.72 Å². The van der Waals surface area contributed by atoms with E-state index < -0.39 is 10.0 Å². The van der Waals surface area contributed by atoms with Gasteiger partial charge in [-0.05, 0) is 55.2 Å². The van der Waals surface area contributed by atoms with E-state index in [9.17, 15) is 13.2 Å². The minimum atomic E-state index is -3.68. The third-order valence-corrected chi connectivity index (χ3v) is 5.92. The highest BCUT2D eigenvalue weighted by molar-refractivity contribution is 7.92. The van der Waals surface area contributed by atoms with Gasteiger partial charge in [0.1, 0.15) is 0 Å². The van der Waals surface area contributed by atoms with E-state index in [0.717, 1.165) is 23.2 Å². The van der Waals surface area contributed by atoms with E-state index in [4.69, 9.17) is 0 Å². The molecule has 1 aliphatic heterocycles. The molecule has 1 aliphatic rings. The Morgan fingerprint density at radius 1 is 1.24 bits per heavy atom. The van der Waals surface area contributed by atoms with Gasteiger partial charge in [-0.2, -0.15) is 0 Å². The van der Waals surface area contributed by atoms with Crippen LogP contribution >= 0.6 is 0 Å². The van der Waals surface area contributed by atoms with Crippen molar-refractivity contribution < 1.29 is 13.2 Å². The highest BCUT2D eigenvalue weighted by atomic mass is 32.2. The number of amides is 1. The maximum Gasteiger partial charge on any atom is 0.261 e. The molecule has 2 aromatic carbocycles. The Kier molecular flexibility index (Phi) is 4.56. The summed E-state index contributed by atoms with van der Waals surface area (Å²) in [5, 5.41) is 0. The summed E-state index contributed by atoms with van der Waals surface area (Å²) in [6, 6.07) is 12.4. The minimum Gasteiger partial charge on any atom is -0.309 e. The number of anilines is 2. The number of benzene rings is 2. The van der Waals surface area contributed by atoms with Gasteiger partial charge in [0, 0.05) is 18.7 Å². The van der Waals surface area contributed by atoms with Crippen LogP contribution in [0.1, 0.15) is 31.9 Å². The summed E-state index contributed by atoms with van der Waals surface area (Å²) in [6.07, 6.45) is 1.40. The molecule has 1 atom stereocenters. The molecular weight excluding hydrogens is 336 g/mol. The van der Waals surface area contributed by atoms with Crippen LogP contribution in [0.4, 0.5) is 11.4 Å². The first kappa shape index (κ1) is 17.5. The third kappa shape index (κ3) is 3.26. The Morgan fingerprint density at radius 2 is 1.96 bits per heavy atom. The van der Waals surface area contributed by atoms with Crippen LogP contribution in [-0.4, -0.2) is 20.4 Å². The van der Waals surface area contributed by atoms with Crippen molar-refractivity contribution in [2.75, 3.05) is 9.62 Å². The Bertz CT molecular complexity index is 922. The zero-order valence-electron chi connectivity index (χ0n) is 14.6. The summed E-state index contributed by atoms with van der Waals surface area (Å²) in [5.74, 6) is -0.0307. The fraction of sp³-hybridized carbons (Fsp3) is 0.316. The van der Waals surface area contributed by atoms with Gasteiger partial charge in [-0.3, -0.25) is 9.52 Å². The lowest BCUT2D eigenvalue weighted by Gasteiger charge is -2.20. The molecule has 0 aromatic heterocycles. The highest BCUT2D eigenvalue weighted by Crippen LogP contribution is 2.34. The van der Waals surface area contributed by atoms with Crippen LogP contribution < -0.4 is 9.62 Å². The van der Waals surface area contributed by atoms with Crippen molar-refractivity contribution in [1.29, 1.82) is 0 Å². The van der Waals surface area contributed by atoms with Crippen LogP contribution in [0.3, 0.4) is 0 Å². The maximum absolute atomic E-state index is 12.8. The lowest BCUT2D eigenvalue weighted by Crippen LogP contribution is -2.33. The van der Waals surface area contributed by atoms with E-state index in [1.165, 1.54) is 6.92 Å². The Hall–Kier alpha value is -2.34. The van der Waals surface area contributed by atoms with Crippen molar-refractivity contribution >= 4 is 27.3 Å². The van der Waals surface area contributed by atoms with Gasteiger partial charge < -0.3 is 4.90 Å². The SMILES string of the molecule is CCc1ccccc1NS(=O)(=O)c1ccc2c(c1)C[C@@H](C)N2C(C)=O. The molecule has 0 spiro atoms. The molecule has 0 saturated heterocycles. The lowest BCUT2D eigenvalue weighted by atomic mass is 10.1. The van der Waals surface area contributed by atoms with Gasteiger partial charge in [-0.1, -0.05) is 25.1 Å². The number of nitrogens with zero attached hydrogens (tertiary/aromatic N) is 1. The first-order valence-electron chi connectivity index (χ1n) is 8.37. The molecular formula is C19H22N2O3S. The van der Waals surface area contributed by atoms with E-state index in [-0.39, 0.29) is 16.8 Å². The molecule has 6 heteroatoms. The summed E-state index contributed by atoms with van der Waals surface area (Å²) in [4.78, 5) is 13.7. The molecule has 1 heterocycles. The predicted molar refractivity (Wildman–Crippen MR) is 99.4 cm³/mol. The number of carbonyl (C=O) groups excluding carboxylic acids is 1. The number of carbonyl (C=O) groups is 1. The molecule has 0 aliphatic carbocycles. The second kappa shape index (κ2) is 6.52. The highest BCUT2D eigenvalue weighted by Gasteiger charge is 2.30. The summed E-state index contributed by atoms with van der Waals surface area (Å²) >= 11 is 0. The van der Waals surface area contributed by atoms with Crippen LogP contribution in [0.2, 0.25) is 0 Å². The van der Waals surface area contributed by atoms with Crippen molar-refractivity contribution in [3.8, 4) is 0 Å². The fourth-order valence-corrected chi connectivity index (χ4v) is 4.54. The van der Waals surface area contributed by atoms with Crippen LogP contribution in [0.5, 0.6) is 0 Å². The molecule has 0 unspecified atom stereocenters. The molecule has 0 bridgehead atoms. The summed E-state index contributed by atoms with van der Waals surface area (Å²) in [6.45, 7) is 5.48. The Labute approximate surface area is 148 Å². The molecule has 0 radical (unpaired) electrons. The van der Waals surface area contributed by atoms with Gasteiger partial charge in [0.25, 0.3) is 10.0 Å². The Balaban J connectivity index is 1.95. The van der Waals surface area contributed by atoms with Crippen LogP contribution in [0.25, 0.3) is 0 Å². The minimum absolute atomic E-state index is 0.0307. The monoisotopic (exact) mass is 358 g/mol. The number of rotatable bonds is 4. The first-order chi connectivity index (χ1) is 11.8. The number of sulfonamides is 1. The number of aryl methyl sites for hydroxylation is 1. The average molecular weight is 358 g/mol. The lowest BCUT2D eigenvalue weighted by molar-refractivity contribution is -0.116. The van der Waals surface area contributed by atoms with Crippen molar-refractivity contribution in [1.82, 2.24) is 0 Å². The molecule has 0 fully saturated rings. The first-order valence-corrected chi connectivity index (χ1v) is 9.85. The number of nitrogens with one attached hydrogen (secondary N) is 1. The smallest absolute Gasteiger partial charge is 0.261 e. The maximum atomic E-state index is 12.8. The molecule has 1 N–H and O–H groups in total. The molecule has 25 heavy (non-hydrogen) atoms. The topological polar surface area (TPSA) is 66.5 Å². The molecule has 3 rings (SSSR count). The van der Waals surface area contributed by atoms with Crippen molar-refractivity contribution in [2.24, 2.45) is 0 Å². The summed E-state index contributed by atoms with van der Waals surface area (Å²) in [5.41, 5.74) is 3.23. The Morgan fingerprint density at radius 3 is 2.64 bits per heavy atom. The molecule has 5 nitrogen and oxygen atoms in total. The summed E-state index contributed by atoms with van der Waals surface area (Å²) in [7, 11) is -3.68. The number of hydrogen-bond acceptors (Lipinski definition) is 3. The van der Waals surface area contributed by atoms with Crippen LogP contribution in [0, 0.1) is 0 Å². The van der Waals surface area contributed by atoms with Gasteiger partial charge in [0.05, 0.1) is 10.6 Å². The second-order valence-corrected chi connectivity index (χ2v) is 8.03. The van der Waals surface area contributed by atoms with E-state index in [0.29, 0.717) is 12.1 Å². The zero-order valence-corrected chi connectivity index (χ0v) is 15.4. The summed E-state index contributed by atoms with van der Waals surface area (Å²) < 4.78 is 28.2. The van der Waals surface area contributed by atoms with Gasteiger partial charge in [0.15, 0.2) is 0 Å². The fourth-order valence-electron chi connectivity index (χ4n) is 3.39. The number of para-hydroxylation sites is 1. The van der Waals surface area contributed by atoms with Crippen molar-refractivity contribution in [2.45, 2.75) is 44.6 Å². The van der Waals surface area contributed by atoms with Crippen LogP contribution in [0.15, 0.2) is 47.4 Å². The molecule has 2 aromatic rings. The number of hydrogen-bond donors (Lipinski definition) is 1. The largest absolute Gasteiger partial charge is 0.309 e. The normalized spacial score (nSPS) is 16.6. The molecule has 132 valence electrons. The predicted octanol–water partition coefficient (Wildman–Crippen LogP) is 3.35. The van der Waals surface area contributed by atoms with E-state index >= 15 is 0 Å². The quantitative estimate of drug-likeness (QED) is 0.911. The van der Waals surface area contributed by atoms with Gasteiger partial charge in [0.2, 0.25) is 5.91 Å². The van der Waals surface area contributed by atoms with Gasteiger partial charge in [-0.15, -0.1) is 0 Å². The molecule has 1 amide bonds. The van der Waals surface area contributed by atoms with Gasteiger partial charge >= 0.3 is 0 Å². The van der Waals surface area contributed by atoms with E-state index in [1.807, 2.05) is 32.0 Å². The van der Waals surface area contributed by atoms with Crippen LogP contribution in [-0.2, 0) is 27.7 Å². The third-order valence-electron chi connectivity index (χ3n) is 4.56. The molecule has 0 saturated carbocycles. The second-order valence-electron chi connectivity index (χ2n) is 6.35. The van der Waals surface area contributed by atoms with E-state index in [1.54, 1.807) is 29.2 Å². The van der Waals surface area contributed by atoms with Crippen molar-refractivity contribution in [3.05, 3.63) is 53.6 Å². The zero-order chi connectivity index (χ0) is 18.2.